The van der Waals surface area contributed by atoms with E-state index in [2.05, 4.69) is 35.3 Å². The molecule has 1 N–H and O–H groups in total. The fourth-order valence-corrected chi connectivity index (χ4v) is 3.96. The van der Waals surface area contributed by atoms with E-state index in [9.17, 15) is 0 Å². The molecule has 0 aliphatic carbocycles. The van der Waals surface area contributed by atoms with E-state index in [-0.39, 0.29) is 0 Å². The van der Waals surface area contributed by atoms with Gasteiger partial charge >= 0.3 is 0 Å². The van der Waals surface area contributed by atoms with Crippen molar-refractivity contribution in [3.63, 3.8) is 0 Å². The number of likely N-dealkylation sites (tertiary alicyclic amines) is 1. The minimum absolute atomic E-state index is 0.979. The lowest BCUT2D eigenvalue weighted by atomic mass is 9.96. The van der Waals surface area contributed by atoms with Gasteiger partial charge in [-0.3, -0.25) is 4.90 Å². The smallest absolute Gasteiger partial charge is 0.0372 e. The molecule has 2 heteroatoms. The maximum Gasteiger partial charge on any atom is 0.0372 e. The Bertz CT molecular complexity index is 455. The van der Waals surface area contributed by atoms with Crippen LogP contribution in [0.25, 0.3) is 0 Å². The molecule has 2 aliphatic rings. The Hall–Kier alpha value is -1.02. The third-order valence-corrected chi connectivity index (χ3v) is 5.15. The number of nitrogens with one attached hydrogen (secondary N) is 1. The van der Waals surface area contributed by atoms with Gasteiger partial charge in [-0.1, -0.05) is 31.9 Å². The first kappa shape index (κ1) is 14.9. The fourth-order valence-electron chi connectivity index (χ4n) is 3.96. The van der Waals surface area contributed by atoms with Crippen LogP contribution < -0.4 is 5.32 Å². The fraction of sp³-hybridized carbons (Fsp3) is 0.684. The first-order valence-corrected chi connectivity index (χ1v) is 8.93. The van der Waals surface area contributed by atoms with Gasteiger partial charge in [-0.05, 0) is 68.3 Å². The van der Waals surface area contributed by atoms with Crippen molar-refractivity contribution in [2.75, 3.05) is 25.0 Å². The first-order valence-electron chi connectivity index (χ1n) is 8.93. The molecular formula is C19H30N2. The third kappa shape index (κ3) is 4.00. The number of fused-ring (bicyclic) bond motifs is 1. The average molecular weight is 286 g/mol. The van der Waals surface area contributed by atoms with Gasteiger partial charge in [0.05, 0.1) is 0 Å². The first-order chi connectivity index (χ1) is 10.3. The number of aryl methyl sites for hydroxylation is 1. The second kappa shape index (κ2) is 7.31. The number of hydrogen-bond donors (Lipinski definition) is 1. The van der Waals surface area contributed by atoms with Crippen LogP contribution in [0.3, 0.4) is 0 Å². The van der Waals surface area contributed by atoms with Crippen LogP contribution in [0.5, 0.6) is 0 Å². The van der Waals surface area contributed by atoms with Gasteiger partial charge in [0.2, 0.25) is 0 Å². The molecule has 1 aromatic carbocycles. The summed E-state index contributed by atoms with van der Waals surface area (Å²) in [7, 11) is 0. The van der Waals surface area contributed by atoms with Gasteiger partial charge in [0.25, 0.3) is 0 Å². The molecule has 0 aromatic heterocycles. The van der Waals surface area contributed by atoms with Crippen molar-refractivity contribution < 1.29 is 0 Å². The van der Waals surface area contributed by atoms with Crippen LogP contribution in [0, 0.1) is 5.92 Å². The quantitative estimate of drug-likeness (QED) is 0.880. The van der Waals surface area contributed by atoms with E-state index in [1.807, 2.05) is 0 Å². The second-order valence-electron chi connectivity index (χ2n) is 6.88. The summed E-state index contributed by atoms with van der Waals surface area (Å²) in [6.07, 6.45) is 9.53. The maximum atomic E-state index is 3.51. The van der Waals surface area contributed by atoms with Gasteiger partial charge in [-0.25, -0.2) is 0 Å². The molecule has 1 fully saturated rings. The molecule has 0 radical (unpaired) electrons. The maximum absolute atomic E-state index is 3.51. The Morgan fingerprint density at radius 2 is 2.14 bits per heavy atom. The Kier molecular flexibility index (Phi) is 5.18. The molecule has 2 aliphatic heterocycles. The Morgan fingerprint density at radius 1 is 1.19 bits per heavy atom. The summed E-state index contributed by atoms with van der Waals surface area (Å²) in [6.45, 7) is 7.18. The lowest BCUT2D eigenvalue weighted by Gasteiger charge is -2.23. The number of rotatable bonds is 4. The van der Waals surface area contributed by atoms with Gasteiger partial charge in [0.1, 0.15) is 0 Å². The highest BCUT2D eigenvalue weighted by molar-refractivity contribution is 5.54. The van der Waals surface area contributed by atoms with Gasteiger partial charge in [0.15, 0.2) is 0 Å². The highest BCUT2D eigenvalue weighted by Crippen LogP contribution is 2.25. The SMILES string of the molecule is CCCC1CCCN(Cc2ccc3c(c2)CCCN3)CC1. The number of anilines is 1. The molecule has 1 saturated heterocycles. The van der Waals surface area contributed by atoms with E-state index in [0.29, 0.717) is 0 Å². The zero-order valence-electron chi connectivity index (χ0n) is 13.5. The van der Waals surface area contributed by atoms with E-state index < -0.39 is 0 Å². The van der Waals surface area contributed by atoms with Crippen LogP contribution >= 0.6 is 0 Å². The average Bonchev–Trinajstić information content (AvgIpc) is 2.73. The number of hydrogen-bond acceptors (Lipinski definition) is 2. The molecule has 0 spiro atoms. The predicted molar refractivity (Wildman–Crippen MR) is 90.8 cm³/mol. The zero-order valence-corrected chi connectivity index (χ0v) is 13.5. The summed E-state index contributed by atoms with van der Waals surface area (Å²) in [4.78, 5) is 2.67. The molecule has 0 saturated carbocycles. The molecule has 3 rings (SSSR count). The highest BCUT2D eigenvalue weighted by atomic mass is 15.1. The van der Waals surface area contributed by atoms with Crippen molar-refractivity contribution in [3.05, 3.63) is 29.3 Å². The minimum atomic E-state index is 0.979. The highest BCUT2D eigenvalue weighted by Gasteiger charge is 2.17. The van der Waals surface area contributed by atoms with E-state index >= 15 is 0 Å². The normalized spacial score (nSPS) is 23.2. The summed E-state index contributed by atoms with van der Waals surface area (Å²) in [5.74, 6) is 0.979. The topological polar surface area (TPSA) is 15.3 Å². The van der Waals surface area contributed by atoms with Crippen LogP contribution in [-0.4, -0.2) is 24.5 Å². The molecule has 1 aromatic rings. The van der Waals surface area contributed by atoms with Crippen LogP contribution in [0.1, 0.15) is 56.6 Å². The molecule has 2 heterocycles. The van der Waals surface area contributed by atoms with Gasteiger partial charge in [0, 0.05) is 18.8 Å². The molecule has 1 unspecified atom stereocenters. The second-order valence-corrected chi connectivity index (χ2v) is 6.88. The number of nitrogens with zero attached hydrogens (tertiary/aromatic N) is 1. The van der Waals surface area contributed by atoms with Crippen LogP contribution in [0.2, 0.25) is 0 Å². The Labute approximate surface area is 129 Å². The molecular weight excluding hydrogens is 256 g/mol. The monoisotopic (exact) mass is 286 g/mol. The van der Waals surface area contributed by atoms with Gasteiger partial charge in [-0.2, -0.15) is 0 Å². The van der Waals surface area contributed by atoms with E-state index in [0.717, 1.165) is 19.0 Å². The summed E-state index contributed by atoms with van der Waals surface area (Å²) >= 11 is 0. The standard InChI is InChI=1S/C19H30N2/c1-2-5-16-6-4-12-21(13-10-16)15-17-8-9-19-18(14-17)7-3-11-20-19/h8-9,14,16,20H,2-7,10-13,15H2,1H3. The van der Waals surface area contributed by atoms with Crippen LogP contribution in [-0.2, 0) is 13.0 Å². The van der Waals surface area contributed by atoms with Crippen molar-refractivity contribution >= 4 is 5.69 Å². The molecule has 21 heavy (non-hydrogen) atoms. The van der Waals surface area contributed by atoms with Gasteiger partial charge < -0.3 is 5.32 Å². The summed E-state index contributed by atoms with van der Waals surface area (Å²) in [5, 5.41) is 3.51. The minimum Gasteiger partial charge on any atom is -0.385 e. The van der Waals surface area contributed by atoms with E-state index in [4.69, 9.17) is 0 Å². The summed E-state index contributed by atoms with van der Waals surface area (Å²) < 4.78 is 0. The van der Waals surface area contributed by atoms with Crippen LogP contribution in [0.4, 0.5) is 5.69 Å². The Morgan fingerprint density at radius 3 is 3.05 bits per heavy atom. The summed E-state index contributed by atoms with van der Waals surface area (Å²) in [5.41, 5.74) is 4.40. The molecule has 0 bridgehead atoms. The van der Waals surface area contributed by atoms with Crippen molar-refractivity contribution in [3.8, 4) is 0 Å². The van der Waals surface area contributed by atoms with Crippen molar-refractivity contribution in [2.24, 2.45) is 5.92 Å². The molecule has 116 valence electrons. The van der Waals surface area contributed by atoms with Gasteiger partial charge in [-0.15, -0.1) is 0 Å². The number of benzene rings is 1. The van der Waals surface area contributed by atoms with Crippen molar-refractivity contribution in [1.29, 1.82) is 0 Å². The lowest BCUT2D eigenvalue weighted by molar-refractivity contribution is 0.271. The molecule has 0 amide bonds. The third-order valence-electron chi connectivity index (χ3n) is 5.15. The molecule has 1 atom stereocenters. The van der Waals surface area contributed by atoms with Crippen molar-refractivity contribution in [1.82, 2.24) is 4.90 Å². The Balaban J connectivity index is 1.58. The van der Waals surface area contributed by atoms with Crippen molar-refractivity contribution in [2.45, 2.75) is 58.4 Å². The largest absolute Gasteiger partial charge is 0.385 e. The van der Waals surface area contributed by atoms with E-state index in [1.54, 1.807) is 0 Å². The van der Waals surface area contributed by atoms with E-state index in [1.165, 1.54) is 74.8 Å². The zero-order chi connectivity index (χ0) is 14.5. The van der Waals surface area contributed by atoms with Crippen LogP contribution in [0.15, 0.2) is 18.2 Å². The predicted octanol–water partition coefficient (Wildman–Crippen LogP) is 4.45. The summed E-state index contributed by atoms with van der Waals surface area (Å²) in [6, 6.07) is 7.06. The molecule has 2 nitrogen and oxygen atoms in total. The lowest BCUT2D eigenvalue weighted by Crippen LogP contribution is -2.24.